The number of benzene rings is 1. The quantitative estimate of drug-likeness (QED) is 0.369. The van der Waals surface area contributed by atoms with Crippen molar-refractivity contribution in [1.29, 1.82) is 0 Å². The first-order chi connectivity index (χ1) is 20.7. The molecule has 1 N–H and O–H groups in total. The molecule has 0 unspecified atom stereocenters. The zero-order valence-electron chi connectivity index (χ0n) is 24.9. The summed E-state index contributed by atoms with van der Waals surface area (Å²) in [6.45, 7) is 4.23. The Morgan fingerprint density at radius 1 is 1.05 bits per heavy atom. The number of carbonyl (C=O) groups excluding carboxylic acids is 4. The molecule has 4 aliphatic heterocycles. The molecule has 5 rings (SSSR count). The number of nitrogens with zero attached hydrogens (tertiary/aromatic N) is 3. The number of aliphatic hydroxyl groups is 1. The number of fused-ring (bicyclic) bond motifs is 2. The third kappa shape index (κ3) is 5.55. The van der Waals surface area contributed by atoms with Crippen molar-refractivity contribution >= 4 is 39.6 Å². The van der Waals surface area contributed by atoms with E-state index in [9.17, 15) is 24.3 Å². The topological polar surface area (TPSA) is 117 Å². The number of β-amino-alcohol motifs (C(OH)–C–C–N with tert-alkyl or cyclic N) is 1. The summed E-state index contributed by atoms with van der Waals surface area (Å²) in [4.78, 5) is 60.5. The molecule has 10 nitrogen and oxygen atoms in total. The van der Waals surface area contributed by atoms with E-state index in [1.54, 1.807) is 22.9 Å². The highest BCUT2D eigenvalue weighted by Gasteiger charge is 2.75. The van der Waals surface area contributed by atoms with Gasteiger partial charge in [-0.25, -0.2) is 0 Å². The van der Waals surface area contributed by atoms with Crippen LogP contribution in [0, 0.1) is 11.8 Å². The molecule has 2 fully saturated rings. The van der Waals surface area contributed by atoms with E-state index in [1.165, 1.54) is 4.90 Å². The van der Waals surface area contributed by atoms with Gasteiger partial charge in [-0.15, -0.1) is 0 Å². The van der Waals surface area contributed by atoms with Gasteiger partial charge < -0.3 is 29.3 Å². The molecular weight excluding hydrogens is 618 g/mol. The van der Waals surface area contributed by atoms with Crippen molar-refractivity contribution < 1.29 is 33.8 Å². The van der Waals surface area contributed by atoms with Crippen molar-refractivity contribution in [3.05, 3.63) is 58.6 Å². The molecule has 43 heavy (non-hydrogen) atoms. The molecule has 1 spiro atoms. The number of likely N-dealkylation sites (tertiary alicyclic amines) is 1. The number of hydrogen-bond donors (Lipinski definition) is 1. The largest absolute Gasteiger partial charge is 0.455 e. The minimum atomic E-state index is -1.39. The summed E-state index contributed by atoms with van der Waals surface area (Å²) < 4.78 is 13.3. The van der Waals surface area contributed by atoms with Gasteiger partial charge >= 0.3 is 5.97 Å². The van der Waals surface area contributed by atoms with Gasteiger partial charge in [-0.2, -0.15) is 0 Å². The van der Waals surface area contributed by atoms with Crippen molar-refractivity contribution in [2.75, 3.05) is 33.3 Å². The number of amides is 3. The van der Waals surface area contributed by atoms with Gasteiger partial charge in [0.2, 0.25) is 17.7 Å². The fourth-order valence-corrected chi connectivity index (χ4v) is 7.59. The predicted octanol–water partition coefficient (Wildman–Crippen LogP) is 2.96. The molecule has 232 valence electrons. The standard InChI is InChI=1S/C32H40BrN3O7/c1-4-5-15-35-16-11-7-10-14-23(38)34(3)20(2)26(21-12-8-6-9-13-21)42-31(41)24-25-29(39)36(17-18-37)28(30(35)40)32(25)19-22(33)27(24)43-32/h6-9,11-13,19-20,24-28,37H,4-5,10,14-18H2,1-3H3/b11-7-/t20-,24+,25-,26+,27+,28+,32-/m1/s1. The van der Waals surface area contributed by atoms with Crippen LogP contribution in [-0.2, 0) is 28.7 Å². The molecule has 1 aromatic carbocycles. The van der Waals surface area contributed by atoms with E-state index in [1.807, 2.05) is 56.3 Å². The van der Waals surface area contributed by atoms with Crippen LogP contribution in [0.3, 0.4) is 0 Å². The molecule has 3 amide bonds. The highest BCUT2D eigenvalue weighted by molar-refractivity contribution is 9.11. The fraction of sp³-hybridized carbons (Fsp3) is 0.562. The van der Waals surface area contributed by atoms with Crippen LogP contribution in [0.1, 0.15) is 51.2 Å². The van der Waals surface area contributed by atoms with E-state index in [0.717, 1.165) is 12.8 Å². The van der Waals surface area contributed by atoms with Crippen LogP contribution >= 0.6 is 15.9 Å². The molecule has 0 radical (unpaired) electrons. The normalized spacial score (nSPS) is 34.0. The molecule has 7 atom stereocenters. The highest BCUT2D eigenvalue weighted by atomic mass is 79.9. The molecule has 0 aromatic heterocycles. The Morgan fingerprint density at radius 2 is 1.79 bits per heavy atom. The third-order valence-corrected chi connectivity index (χ3v) is 9.88. The Bertz CT molecular complexity index is 1300. The molecule has 4 aliphatic rings. The van der Waals surface area contributed by atoms with E-state index >= 15 is 0 Å². The van der Waals surface area contributed by atoms with Crippen molar-refractivity contribution in [1.82, 2.24) is 14.7 Å². The monoisotopic (exact) mass is 657 g/mol. The summed E-state index contributed by atoms with van der Waals surface area (Å²) in [6, 6.07) is 7.67. The predicted molar refractivity (Wildman–Crippen MR) is 162 cm³/mol. The van der Waals surface area contributed by atoms with Gasteiger partial charge in [0.15, 0.2) is 0 Å². The molecule has 2 saturated heterocycles. The molecule has 0 saturated carbocycles. The number of ether oxygens (including phenoxy) is 2. The maximum absolute atomic E-state index is 14.3. The van der Waals surface area contributed by atoms with Crippen molar-refractivity contribution in [2.24, 2.45) is 11.8 Å². The minimum Gasteiger partial charge on any atom is -0.455 e. The van der Waals surface area contributed by atoms with Gasteiger partial charge in [-0.3, -0.25) is 19.2 Å². The Kier molecular flexibility index (Phi) is 9.43. The summed E-state index contributed by atoms with van der Waals surface area (Å²) >= 11 is 3.56. The van der Waals surface area contributed by atoms with E-state index < -0.39 is 53.6 Å². The summed E-state index contributed by atoms with van der Waals surface area (Å²) in [6.07, 6.45) is 6.29. The van der Waals surface area contributed by atoms with Gasteiger partial charge in [-0.05, 0) is 31.4 Å². The number of allylic oxidation sites excluding steroid dienone is 1. The average Bonchev–Trinajstić information content (AvgIpc) is 3.59. The smallest absolute Gasteiger partial charge is 0.313 e. The van der Waals surface area contributed by atoms with Crippen molar-refractivity contribution in [3.63, 3.8) is 0 Å². The van der Waals surface area contributed by atoms with Gasteiger partial charge in [0.05, 0.1) is 18.6 Å². The second-order valence-electron chi connectivity index (χ2n) is 11.7. The number of cyclic esters (lactones) is 1. The Morgan fingerprint density at radius 3 is 2.49 bits per heavy atom. The maximum atomic E-state index is 14.3. The van der Waals surface area contributed by atoms with Crippen LogP contribution in [0.15, 0.2) is 53.0 Å². The summed E-state index contributed by atoms with van der Waals surface area (Å²) in [7, 11) is 1.70. The van der Waals surface area contributed by atoms with Crippen LogP contribution in [0.2, 0.25) is 0 Å². The maximum Gasteiger partial charge on any atom is 0.313 e. The zero-order chi connectivity index (χ0) is 30.9. The number of aliphatic hydroxyl groups excluding tert-OH is 1. The van der Waals surface area contributed by atoms with Gasteiger partial charge in [0, 0.05) is 37.6 Å². The molecule has 4 heterocycles. The SMILES string of the molecule is CCCCN1C/C=C\CCC(=O)N(C)[C@H](C)[C@@H](c2ccccc2)OC(=O)[C@@H]2[C@H]3O[C@@]4(C=C3Br)[C@H](C1=O)N(CCO)C(=O)[C@@H]24. The third-order valence-electron chi connectivity index (χ3n) is 9.20. The number of likely N-dealkylation sites (N-methyl/N-ethyl adjacent to an activating group) is 1. The van der Waals surface area contributed by atoms with Crippen LogP contribution in [0.25, 0.3) is 0 Å². The number of rotatable bonds is 6. The first-order valence-corrected chi connectivity index (χ1v) is 15.9. The van der Waals surface area contributed by atoms with Gasteiger partial charge in [0.25, 0.3) is 0 Å². The van der Waals surface area contributed by atoms with Crippen LogP contribution in [-0.4, -0.2) is 101 Å². The minimum absolute atomic E-state index is 0.0667. The lowest BCUT2D eigenvalue weighted by Gasteiger charge is -2.35. The molecule has 0 aliphatic carbocycles. The Balaban J connectivity index is 1.60. The fourth-order valence-electron chi connectivity index (χ4n) is 6.85. The van der Waals surface area contributed by atoms with Crippen molar-refractivity contribution in [2.45, 2.75) is 69.4 Å². The summed E-state index contributed by atoms with van der Waals surface area (Å²) in [5, 5.41) is 9.92. The van der Waals surface area contributed by atoms with E-state index in [0.29, 0.717) is 29.6 Å². The number of halogens is 1. The van der Waals surface area contributed by atoms with Gasteiger partial charge in [0.1, 0.15) is 29.8 Å². The number of esters is 1. The second kappa shape index (κ2) is 12.9. The Labute approximate surface area is 260 Å². The van der Waals surface area contributed by atoms with Gasteiger partial charge in [-0.1, -0.05) is 71.8 Å². The lowest BCUT2D eigenvalue weighted by molar-refractivity contribution is -0.164. The van der Waals surface area contributed by atoms with Crippen LogP contribution in [0.4, 0.5) is 0 Å². The van der Waals surface area contributed by atoms with E-state index in [2.05, 4.69) is 15.9 Å². The first-order valence-electron chi connectivity index (χ1n) is 15.1. The van der Waals surface area contributed by atoms with Crippen LogP contribution < -0.4 is 0 Å². The molecule has 5 bridgehead atoms. The number of carbonyl (C=O) groups is 4. The summed E-state index contributed by atoms with van der Waals surface area (Å²) in [5.41, 5.74) is -0.673. The van der Waals surface area contributed by atoms with Crippen molar-refractivity contribution in [3.8, 4) is 0 Å². The molecule has 11 heteroatoms. The van der Waals surface area contributed by atoms with Crippen LogP contribution in [0.5, 0.6) is 0 Å². The number of unbranched alkanes of at least 4 members (excludes halogenated alkanes) is 1. The zero-order valence-corrected chi connectivity index (χ0v) is 26.4. The number of hydrogen-bond acceptors (Lipinski definition) is 7. The lowest BCUT2D eigenvalue weighted by Crippen LogP contribution is -2.56. The lowest BCUT2D eigenvalue weighted by atomic mass is 9.74. The second-order valence-corrected chi connectivity index (χ2v) is 12.7. The highest BCUT2D eigenvalue weighted by Crippen LogP contribution is 2.59. The van der Waals surface area contributed by atoms with E-state index in [4.69, 9.17) is 9.47 Å². The molecular formula is C32H40BrN3O7. The first kappa shape index (κ1) is 31.4. The van der Waals surface area contributed by atoms with E-state index in [-0.39, 0.29) is 31.4 Å². The summed E-state index contributed by atoms with van der Waals surface area (Å²) in [5.74, 6) is -3.48. The molecule has 1 aromatic rings. The Hall–Kier alpha value is -3.02. The average molecular weight is 659 g/mol.